The molecule has 0 saturated heterocycles. The smallest absolute Gasteiger partial charge is 0.336 e. The van der Waals surface area contributed by atoms with Gasteiger partial charge in [0.25, 0.3) is 0 Å². The number of carboxylic acid groups (broad SMARTS) is 2. The van der Waals surface area contributed by atoms with Crippen LogP contribution in [0.1, 0.15) is 58.5 Å². The molecule has 0 heterocycles. The van der Waals surface area contributed by atoms with Crippen LogP contribution in [0.3, 0.4) is 0 Å². The maximum atomic E-state index is 13.5. The fourth-order valence-electron chi connectivity index (χ4n) is 3.33. The van der Waals surface area contributed by atoms with Crippen molar-refractivity contribution in [1.29, 1.82) is 0 Å². The Hall–Kier alpha value is -3.15. The molecule has 0 saturated carbocycles. The number of aromatic carboxylic acids is 2. The number of phenolic OH excluding ortho intramolecular Hbond substituents is 2. The van der Waals surface area contributed by atoms with Gasteiger partial charge in [-0.25, -0.2) is 18.0 Å². The highest BCUT2D eigenvalue weighted by molar-refractivity contribution is 7.91. The number of rotatable bonds is 8. The largest absolute Gasteiger partial charge is 0.507 e. The van der Waals surface area contributed by atoms with Crippen molar-refractivity contribution >= 4 is 21.8 Å². The highest BCUT2D eigenvalue weighted by Gasteiger charge is 2.34. The molecule has 2 rings (SSSR count). The highest BCUT2D eigenvalue weighted by Crippen LogP contribution is 2.40. The van der Waals surface area contributed by atoms with Crippen molar-refractivity contribution in [2.24, 2.45) is 0 Å². The number of hydrogen-bond donors (Lipinski definition) is 4. The van der Waals surface area contributed by atoms with Gasteiger partial charge in [-0.1, -0.05) is 26.7 Å². The van der Waals surface area contributed by atoms with E-state index in [-0.39, 0.29) is 46.0 Å². The van der Waals surface area contributed by atoms with E-state index in [1.165, 1.54) is 0 Å². The molecule has 0 fully saturated rings. The number of aromatic hydroxyl groups is 2. The molecule has 0 radical (unpaired) electrons. The molecule has 0 unspecified atom stereocenters. The number of carboxylic acids is 2. The van der Waals surface area contributed by atoms with E-state index in [9.17, 15) is 38.4 Å². The minimum atomic E-state index is -4.64. The maximum Gasteiger partial charge on any atom is 0.336 e. The van der Waals surface area contributed by atoms with E-state index >= 15 is 0 Å². The second kappa shape index (κ2) is 10.8. The Kier molecular flexibility index (Phi) is 9.66. The first-order valence-corrected chi connectivity index (χ1v) is 10.5. The molecule has 172 valence electrons. The summed E-state index contributed by atoms with van der Waals surface area (Å²) in [6, 6.07) is 4.16. The van der Waals surface area contributed by atoms with Gasteiger partial charge in [0.1, 0.15) is 21.3 Å². The molecule has 0 atom stereocenters. The molecule has 2 aromatic rings. The third-order valence-electron chi connectivity index (χ3n) is 4.48. The van der Waals surface area contributed by atoms with Crippen LogP contribution < -0.4 is 0 Å². The molecular formula is C20H26O10S. The Balaban J connectivity index is 0.00000450. The number of carbonyl (C=O) groups is 2. The van der Waals surface area contributed by atoms with Crippen LogP contribution in [-0.4, -0.2) is 51.7 Å². The predicted octanol–water partition coefficient (Wildman–Crippen LogP) is 1.58. The van der Waals surface area contributed by atoms with Gasteiger partial charge in [0.15, 0.2) is 0 Å². The van der Waals surface area contributed by atoms with Crippen molar-refractivity contribution in [3.8, 4) is 11.5 Å². The summed E-state index contributed by atoms with van der Waals surface area (Å²) < 4.78 is 27.0. The van der Waals surface area contributed by atoms with E-state index < -0.39 is 43.1 Å². The minimum absolute atomic E-state index is 0. The third kappa shape index (κ3) is 5.13. The molecular weight excluding hydrogens is 432 g/mol. The molecule has 2 aromatic carbocycles. The van der Waals surface area contributed by atoms with Gasteiger partial charge in [-0.3, -0.25) is 0 Å². The topological polar surface area (TPSA) is 212 Å². The Morgan fingerprint density at radius 2 is 1.06 bits per heavy atom. The van der Waals surface area contributed by atoms with Gasteiger partial charge in [0.05, 0.1) is 11.1 Å². The number of sulfone groups is 1. The van der Waals surface area contributed by atoms with E-state index in [1.54, 1.807) is 13.8 Å². The van der Waals surface area contributed by atoms with Crippen LogP contribution in [-0.2, 0) is 22.7 Å². The first-order chi connectivity index (χ1) is 13.6. The van der Waals surface area contributed by atoms with Gasteiger partial charge >= 0.3 is 11.9 Å². The summed E-state index contributed by atoms with van der Waals surface area (Å²) in [4.78, 5) is 21.9. The second-order valence-electron chi connectivity index (χ2n) is 6.49. The monoisotopic (exact) mass is 458 g/mol. The highest BCUT2D eigenvalue weighted by atomic mass is 32.2. The van der Waals surface area contributed by atoms with Crippen molar-refractivity contribution in [2.75, 3.05) is 0 Å². The number of hydrogen-bond acceptors (Lipinski definition) is 6. The van der Waals surface area contributed by atoms with Crippen molar-refractivity contribution in [2.45, 2.75) is 49.3 Å². The van der Waals surface area contributed by atoms with E-state index in [0.717, 1.165) is 24.3 Å². The average molecular weight is 458 g/mol. The zero-order chi connectivity index (χ0) is 21.9. The second-order valence-corrected chi connectivity index (χ2v) is 8.32. The Morgan fingerprint density at radius 1 is 0.742 bits per heavy atom. The normalized spacial score (nSPS) is 10.6. The van der Waals surface area contributed by atoms with Crippen molar-refractivity contribution in [3.05, 3.63) is 46.5 Å². The van der Waals surface area contributed by atoms with Gasteiger partial charge < -0.3 is 31.4 Å². The average Bonchev–Trinajstić information content (AvgIpc) is 2.61. The molecule has 8 N–H and O–H groups in total. The van der Waals surface area contributed by atoms with E-state index in [0.29, 0.717) is 12.8 Å². The third-order valence-corrected chi connectivity index (χ3v) is 6.46. The lowest BCUT2D eigenvalue weighted by Crippen LogP contribution is -2.15. The number of benzene rings is 2. The summed E-state index contributed by atoms with van der Waals surface area (Å²) >= 11 is 0. The van der Waals surface area contributed by atoms with Gasteiger partial charge in [0, 0.05) is 0 Å². The SMILES string of the molecule is CCCc1c(C(=O)O)ccc(O)c1S(=O)(=O)c1c(O)ccc(C(=O)O)c1CCC.O.O. The van der Waals surface area contributed by atoms with Crippen LogP contribution in [0.15, 0.2) is 34.1 Å². The first kappa shape index (κ1) is 27.8. The molecule has 10 nitrogen and oxygen atoms in total. The molecule has 0 amide bonds. The summed E-state index contributed by atoms with van der Waals surface area (Å²) in [7, 11) is -4.64. The lowest BCUT2D eigenvalue weighted by molar-refractivity contribution is 0.0684. The van der Waals surface area contributed by atoms with Crippen molar-refractivity contribution in [3.63, 3.8) is 0 Å². The Bertz CT molecular complexity index is 994. The Labute approximate surface area is 178 Å². The lowest BCUT2D eigenvalue weighted by atomic mass is 10.0. The van der Waals surface area contributed by atoms with Gasteiger partial charge in [0.2, 0.25) is 9.84 Å². The molecule has 0 aromatic heterocycles. The van der Waals surface area contributed by atoms with Gasteiger partial charge in [-0.05, 0) is 48.2 Å². The van der Waals surface area contributed by atoms with Crippen LogP contribution in [0, 0.1) is 0 Å². The molecule has 0 bridgehead atoms. The zero-order valence-corrected chi connectivity index (χ0v) is 17.8. The van der Waals surface area contributed by atoms with E-state index in [2.05, 4.69) is 0 Å². The molecule has 11 heteroatoms. The maximum absolute atomic E-state index is 13.5. The molecule has 0 aliphatic carbocycles. The van der Waals surface area contributed by atoms with Crippen LogP contribution >= 0.6 is 0 Å². The fraction of sp³-hybridized carbons (Fsp3) is 0.300. The lowest BCUT2D eigenvalue weighted by Gasteiger charge is -2.18. The summed E-state index contributed by atoms with van der Waals surface area (Å²) in [6.45, 7) is 3.44. The summed E-state index contributed by atoms with van der Waals surface area (Å²) in [5.41, 5.74) is -0.756. The van der Waals surface area contributed by atoms with Crippen LogP contribution in [0.5, 0.6) is 11.5 Å². The van der Waals surface area contributed by atoms with Crippen LogP contribution in [0.25, 0.3) is 0 Å². The first-order valence-electron chi connectivity index (χ1n) is 8.99. The summed E-state index contributed by atoms with van der Waals surface area (Å²) in [5, 5.41) is 39.6. The summed E-state index contributed by atoms with van der Waals surface area (Å²) in [5.74, 6) is -4.05. The van der Waals surface area contributed by atoms with Crippen LogP contribution in [0.4, 0.5) is 0 Å². The minimum Gasteiger partial charge on any atom is -0.507 e. The van der Waals surface area contributed by atoms with Crippen LogP contribution in [0.2, 0.25) is 0 Å². The molecule has 0 aliphatic heterocycles. The quantitative estimate of drug-likeness (QED) is 0.454. The molecule has 0 spiro atoms. The standard InChI is InChI=1S/C20H22O8S.2H2O/c1-3-5-11-13(19(23)24)7-9-15(21)17(11)29(27,28)18-12(6-4-2)14(20(25)26)8-10-16(18)22;;/h7-10,21-22H,3-6H2,1-2H3,(H,23,24)(H,25,26);2*1H2. The van der Waals surface area contributed by atoms with E-state index in [1.807, 2.05) is 0 Å². The predicted molar refractivity (Wildman–Crippen MR) is 111 cm³/mol. The van der Waals surface area contributed by atoms with Gasteiger partial charge in [-0.15, -0.1) is 0 Å². The van der Waals surface area contributed by atoms with Crippen molar-refractivity contribution in [1.82, 2.24) is 0 Å². The molecule has 31 heavy (non-hydrogen) atoms. The Morgan fingerprint density at radius 3 is 1.32 bits per heavy atom. The van der Waals surface area contributed by atoms with E-state index in [4.69, 9.17) is 0 Å². The van der Waals surface area contributed by atoms with Crippen molar-refractivity contribution < 1.29 is 49.4 Å². The zero-order valence-electron chi connectivity index (χ0n) is 17.0. The fourth-order valence-corrected chi connectivity index (χ4v) is 5.29. The summed E-state index contributed by atoms with van der Waals surface area (Å²) in [6.07, 6.45) is 0.893. The number of phenols is 2. The molecule has 0 aliphatic rings. The van der Waals surface area contributed by atoms with Gasteiger partial charge in [-0.2, -0.15) is 0 Å².